The van der Waals surface area contributed by atoms with E-state index in [-0.39, 0.29) is 0 Å². The second-order valence-electron chi connectivity index (χ2n) is 4.45. The van der Waals surface area contributed by atoms with Crippen molar-refractivity contribution in [2.75, 3.05) is 19.6 Å². The molecule has 0 amide bonds. The number of allylic oxidation sites excluding steroid dienone is 1. The van der Waals surface area contributed by atoms with E-state index in [2.05, 4.69) is 29.3 Å². The van der Waals surface area contributed by atoms with Gasteiger partial charge in [0.2, 0.25) is 0 Å². The molecule has 0 bridgehead atoms. The number of nitrogens with zero attached hydrogens (tertiary/aromatic N) is 1. The second kappa shape index (κ2) is 4.94. The Morgan fingerprint density at radius 1 is 1.36 bits per heavy atom. The van der Waals surface area contributed by atoms with Crippen LogP contribution in [0.2, 0.25) is 0 Å². The Morgan fingerprint density at radius 2 is 2.29 bits per heavy atom. The second-order valence-corrected chi connectivity index (χ2v) is 4.45. The number of fused-ring (bicyclic) bond motifs is 1. The lowest BCUT2D eigenvalue weighted by molar-refractivity contribution is 0.300. The first-order chi connectivity index (χ1) is 6.92. The van der Waals surface area contributed by atoms with Crippen molar-refractivity contribution in [3.63, 3.8) is 0 Å². The van der Waals surface area contributed by atoms with Crippen molar-refractivity contribution in [2.45, 2.75) is 44.7 Å². The fraction of sp³-hybridized carbons (Fsp3) is 0.833. The molecule has 0 saturated carbocycles. The fourth-order valence-electron chi connectivity index (χ4n) is 2.84. The summed E-state index contributed by atoms with van der Waals surface area (Å²) < 4.78 is 0. The van der Waals surface area contributed by atoms with Crippen molar-refractivity contribution >= 4 is 0 Å². The van der Waals surface area contributed by atoms with E-state index in [0.29, 0.717) is 0 Å². The van der Waals surface area contributed by atoms with E-state index in [0.717, 1.165) is 18.6 Å². The molecule has 2 aliphatic rings. The minimum Gasteiger partial charge on any atom is -0.312 e. The first kappa shape index (κ1) is 10.2. The summed E-state index contributed by atoms with van der Waals surface area (Å²) in [5.41, 5.74) is 0. The molecule has 0 spiro atoms. The van der Waals surface area contributed by atoms with Crippen LogP contribution in [0.4, 0.5) is 0 Å². The third kappa shape index (κ3) is 2.18. The van der Waals surface area contributed by atoms with Crippen LogP contribution in [0.3, 0.4) is 0 Å². The van der Waals surface area contributed by atoms with Crippen LogP contribution in [0, 0.1) is 0 Å². The van der Waals surface area contributed by atoms with Crippen molar-refractivity contribution in [1.82, 2.24) is 10.2 Å². The molecule has 2 aliphatic heterocycles. The smallest absolute Gasteiger partial charge is 0.0250 e. The molecule has 0 aromatic rings. The van der Waals surface area contributed by atoms with Gasteiger partial charge >= 0.3 is 0 Å². The quantitative estimate of drug-likeness (QED) is 0.542. The van der Waals surface area contributed by atoms with Gasteiger partial charge in [0, 0.05) is 18.6 Å². The standard InChI is InChI=1S/C12H22N2/c1-2-3-4-8-13-11-7-10-14-9-5-6-12(11)14/h2-3,11-13H,4-10H2,1H3/b3-2+. The van der Waals surface area contributed by atoms with Gasteiger partial charge in [-0.3, -0.25) is 4.90 Å². The highest BCUT2D eigenvalue weighted by molar-refractivity contribution is 4.95. The van der Waals surface area contributed by atoms with Crippen molar-refractivity contribution < 1.29 is 0 Å². The highest BCUT2D eigenvalue weighted by Crippen LogP contribution is 2.27. The monoisotopic (exact) mass is 194 g/mol. The van der Waals surface area contributed by atoms with Gasteiger partial charge < -0.3 is 5.32 Å². The molecule has 0 aliphatic carbocycles. The van der Waals surface area contributed by atoms with E-state index in [1.807, 2.05) is 0 Å². The molecule has 2 atom stereocenters. The minimum atomic E-state index is 0.780. The molecular formula is C12H22N2. The Hall–Kier alpha value is -0.340. The highest BCUT2D eigenvalue weighted by atomic mass is 15.2. The van der Waals surface area contributed by atoms with Gasteiger partial charge in [0.25, 0.3) is 0 Å². The van der Waals surface area contributed by atoms with E-state index in [4.69, 9.17) is 0 Å². The highest BCUT2D eigenvalue weighted by Gasteiger charge is 2.36. The number of hydrogen-bond acceptors (Lipinski definition) is 2. The molecule has 0 aromatic carbocycles. The number of nitrogens with one attached hydrogen (secondary N) is 1. The molecule has 2 saturated heterocycles. The Bertz CT molecular complexity index is 200. The first-order valence-electron chi connectivity index (χ1n) is 6.00. The van der Waals surface area contributed by atoms with Crippen LogP contribution in [0.1, 0.15) is 32.6 Å². The van der Waals surface area contributed by atoms with E-state index in [1.54, 1.807) is 0 Å². The zero-order chi connectivity index (χ0) is 9.80. The molecule has 2 heterocycles. The topological polar surface area (TPSA) is 15.3 Å². The maximum absolute atomic E-state index is 3.69. The van der Waals surface area contributed by atoms with Gasteiger partial charge in [0.1, 0.15) is 0 Å². The average Bonchev–Trinajstić information content (AvgIpc) is 2.75. The zero-order valence-electron chi connectivity index (χ0n) is 9.21. The third-order valence-corrected chi connectivity index (χ3v) is 3.56. The lowest BCUT2D eigenvalue weighted by Gasteiger charge is -2.20. The summed E-state index contributed by atoms with van der Waals surface area (Å²) in [6.45, 7) is 5.91. The Morgan fingerprint density at radius 3 is 3.14 bits per heavy atom. The molecule has 1 N–H and O–H groups in total. The molecule has 14 heavy (non-hydrogen) atoms. The minimum absolute atomic E-state index is 0.780. The van der Waals surface area contributed by atoms with Crippen molar-refractivity contribution in [3.8, 4) is 0 Å². The largest absolute Gasteiger partial charge is 0.312 e. The fourth-order valence-corrected chi connectivity index (χ4v) is 2.84. The predicted octanol–water partition coefficient (Wildman–Crippen LogP) is 1.78. The summed E-state index contributed by atoms with van der Waals surface area (Å²) in [5, 5.41) is 3.69. The number of hydrogen-bond donors (Lipinski definition) is 1. The molecule has 80 valence electrons. The van der Waals surface area contributed by atoms with Crippen LogP contribution in [0.15, 0.2) is 12.2 Å². The van der Waals surface area contributed by atoms with Crippen LogP contribution in [0.25, 0.3) is 0 Å². The van der Waals surface area contributed by atoms with Crippen molar-refractivity contribution in [3.05, 3.63) is 12.2 Å². The Kier molecular flexibility index (Phi) is 3.60. The molecule has 2 heteroatoms. The lowest BCUT2D eigenvalue weighted by atomic mass is 10.1. The lowest BCUT2D eigenvalue weighted by Crippen LogP contribution is -2.39. The van der Waals surface area contributed by atoms with E-state index in [9.17, 15) is 0 Å². The average molecular weight is 194 g/mol. The maximum Gasteiger partial charge on any atom is 0.0250 e. The molecular weight excluding hydrogens is 172 g/mol. The van der Waals surface area contributed by atoms with Gasteiger partial charge in [-0.1, -0.05) is 12.2 Å². The van der Waals surface area contributed by atoms with Gasteiger partial charge in [0.15, 0.2) is 0 Å². The molecule has 2 nitrogen and oxygen atoms in total. The summed E-state index contributed by atoms with van der Waals surface area (Å²) >= 11 is 0. The van der Waals surface area contributed by atoms with Crippen LogP contribution in [-0.2, 0) is 0 Å². The third-order valence-electron chi connectivity index (χ3n) is 3.56. The van der Waals surface area contributed by atoms with Crippen LogP contribution >= 0.6 is 0 Å². The molecule has 0 aromatic heterocycles. The Balaban J connectivity index is 1.70. The van der Waals surface area contributed by atoms with Gasteiger partial charge in [-0.25, -0.2) is 0 Å². The van der Waals surface area contributed by atoms with E-state index < -0.39 is 0 Å². The maximum atomic E-state index is 3.69. The Labute approximate surface area is 87.4 Å². The van der Waals surface area contributed by atoms with Gasteiger partial charge in [-0.2, -0.15) is 0 Å². The molecule has 2 unspecified atom stereocenters. The normalized spacial score (nSPS) is 32.9. The van der Waals surface area contributed by atoms with E-state index >= 15 is 0 Å². The summed E-state index contributed by atoms with van der Waals surface area (Å²) in [6.07, 6.45) is 9.76. The SMILES string of the molecule is C/C=C/CCNC1CCN2CCCC12. The van der Waals surface area contributed by atoms with Gasteiger partial charge in [-0.15, -0.1) is 0 Å². The summed E-state index contributed by atoms with van der Waals surface area (Å²) in [4.78, 5) is 2.66. The van der Waals surface area contributed by atoms with Gasteiger partial charge in [0.05, 0.1) is 0 Å². The first-order valence-corrected chi connectivity index (χ1v) is 6.00. The van der Waals surface area contributed by atoms with Crippen LogP contribution in [0.5, 0.6) is 0 Å². The van der Waals surface area contributed by atoms with E-state index in [1.165, 1.54) is 38.8 Å². The van der Waals surface area contributed by atoms with Crippen LogP contribution < -0.4 is 5.32 Å². The van der Waals surface area contributed by atoms with Crippen molar-refractivity contribution in [1.29, 1.82) is 0 Å². The molecule has 2 fully saturated rings. The molecule has 2 rings (SSSR count). The summed E-state index contributed by atoms with van der Waals surface area (Å²) in [5.74, 6) is 0. The summed E-state index contributed by atoms with van der Waals surface area (Å²) in [6, 6.07) is 1.64. The molecule has 0 radical (unpaired) electrons. The number of rotatable bonds is 4. The van der Waals surface area contributed by atoms with Crippen LogP contribution in [-0.4, -0.2) is 36.6 Å². The zero-order valence-corrected chi connectivity index (χ0v) is 9.21. The predicted molar refractivity (Wildman–Crippen MR) is 60.4 cm³/mol. The van der Waals surface area contributed by atoms with Crippen molar-refractivity contribution in [2.24, 2.45) is 0 Å². The van der Waals surface area contributed by atoms with Gasteiger partial charge in [-0.05, 0) is 45.7 Å². The summed E-state index contributed by atoms with van der Waals surface area (Å²) in [7, 11) is 0.